The average molecular weight is 295 g/mol. The van der Waals surface area contributed by atoms with Gasteiger partial charge in [-0.15, -0.1) is 0 Å². The van der Waals surface area contributed by atoms with Gasteiger partial charge in [0.2, 0.25) is 0 Å². The SMILES string of the molecule is O=C(c1cccnc1)c1ncc(Cl)cc1[AsH2]. The van der Waals surface area contributed by atoms with Crippen molar-refractivity contribution in [1.29, 1.82) is 0 Å². The first-order chi connectivity index (χ1) is 7.68. The van der Waals surface area contributed by atoms with Gasteiger partial charge in [-0.25, -0.2) is 0 Å². The summed E-state index contributed by atoms with van der Waals surface area (Å²) in [5.41, 5.74) is 0.980. The number of hydrogen-bond acceptors (Lipinski definition) is 3. The molecule has 0 radical (unpaired) electrons. The number of ketones is 1. The summed E-state index contributed by atoms with van der Waals surface area (Å²) in [6.07, 6.45) is 4.64. The van der Waals surface area contributed by atoms with E-state index in [1.165, 1.54) is 29.2 Å². The van der Waals surface area contributed by atoms with Crippen LogP contribution in [0.15, 0.2) is 36.8 Å². The van der Waals surface area contributed by atoms with Crippen molar-refractivity contribution in [1.82, 2.24) is 9.97 Å². The molecule has 1 atom stereocenters. The van der Waals surface area contributed by atoms with Crippen molar-refractivity contribution < 1.29 is 4.79 Å². The second-order valence-electron chi connectivity index (χ2n) is 3.16. The van der Waals surface area contributed by atoms with Crippen LogP contribution in [0.25, 0.3) is 0 Å². The quantitative estimate of drug-likeness (QED) is 0.602. The number of aromatic nitrogens is 2. The molecule has 2 aromatic rings. The van der Waals surface area contributed by atoms with Gasteiger partial charge in [0.1, 0.15) is 0 Å². The molecule has 0 saturated carbocycles. The predicted molar refractivity (Wildman–Crippen MR) is 65.1 cm³/mol. The molecule has 2 heterocycles. The van der Waals surface area contributed by atoms with E-state index in [0.717, 1.165) is 4.35 Å². The predicted octanol–water partition coefficient (Wildman–Crippen LogP) is 0.619. The topological polar surface area (TPSA) is 42.9 Å². The molecule has 2 rings (SSSR count). The zero-order chi connectivity index (χ0) is 11.5. The number of halogens is 1. The van der Waals surface area contributed by atoms with Crippen molar-refractivity contribution in [3.63, 3.8) is 0 Å². The molecule has 16 heavy (non-hydrogen) atoms. The molecule has 0 fully saturated rings. The van der Waals surface area contributed by atoms with Gasteiger partial charge in [0.05, 0.1) is 0 Å². The molecule has 1 unspecified atom stereocenters. The van der Waals surface area contributed by atoms with E-state index in [2.05, 4.69) is 9.97 Å². The van der Waals surface area contributed by atoms with Gasteiger partial charge in [0, 0.05) is 0 Å². The van der Waals surface area contributed by atoms with E-state index in [4.69, 9.17) is 11.6 Å². The van der Waals surface area contributed by atoms with E-state index in [1.54, 1.807) is 24.4 Å². The summed E-state index contributed by atoms with van der Waals surface area (Å²) < 4.78 is 0.828. The number of carbonyl (C=O) groups is 1. The van der Waals surface area contributed by atoms with Crippen LogP contribution in [-0.2, 0) is 0 Å². The average Bonchev–Trinajstić information content (AvgIpc) is 2.29. The van der Waals surface area contributed by atoms with E-state index >= 15 is 0 Å². The van der Waals surface area contributed by atoms with Gasteiger partial charge in [-0.2, -0.15) is 0 Å². The van der Waals surface area contributed by atoms with Gasteiger partial charge in [-0.1, -0.05) is 0 Å². The zero-order valence-corrected chi connectivity index (χ0v) is 11.4. The fourth-order valence-corrected chi connectivity index (χ4v) is 2.47. The Morgan fingerprint density at radius 1 is 1.38 bits per heavy atom. The second-order valence-corrected chi connectivity index (χ2v) is 4.90. The summed E-state index contributed by atoms with van der Waals surface area (Å²) in [4.78, 5) is 20.0. The molecule has 0 saturated heterocycles. The molecule has 80 valence electrons. The number of nitrogens with zero attached hydrogens (tertiary/aromatic N) is 2. The van der Waals surface area contributed by atoms with Crippen LogP contribution in [0.3, 0.4) is 0 Å². The standard InChI is InChI=1S/C11H8AsClN2O/c12-9-4-8(13)6-15-10(9)11(16)7-2-1-3-14-5-7/h1-6H,12H2. The molecule has 5 heteroatoms. The number of carbonyl (C=O) groups excluding carboxylic acids is 1. The van der Waals surface area contributed by atoms with Crippen LogP contribution >= 0.6 is 11.6 Å². The molecule has 0 N–H and O–H groups in total. The number of rotatable bonds is 2. The van der Waals surface area contributed by atoms with Crippen molar-refractivity contribution in [2.75, 3.05) is 0 Å². The Balaban J connectivity index is 2.42. The molecule has 0 aliphatic heterocycles. The first-order valence-corrected chi connectivity index (χ1v) is 6.13. The van der Waals surface area contributed by atoms with Gasteiger partial charge < -0.3 is 0 Å². The Morgan fingerprint density at radius 3 is 2.81 bits per heavy atom. The van der Waals surface area contributed by atoms with E-state index in [0.29, 0.717) is 16.3 Å². The van der Waals surface area contributed by atoms with Crippen LogP contribution in [0, 0.1) is 0 Å². The summed E-state index contributed by atoms with van der Waals surface area (Å²) in [5.74, 6) is -0.121. The van der Waals surface area contributed by atoms with Crippen molar-refractivity contribution >= 4 is 38.6 Å². The summed E-state index contributed by atoms with van der Waals surface area (Å²) in [5, 5.41) is 0.544. The Morgan fingerprint density at radius 2 is 2.19 bits per heavy atom. The maximum absolute atomic E-state index is 12.0. The van der Waals surface area contributed by atoms with E-state index in [-0.39, 0.29) is 5.78 Å². The Kier molecular flexibility index (Phi) is 3.37. The third kappa shape index (κ3) is 2.31. The Bertz CT molecular complexity index is 531. The summed E-state index contributed by atoms with van der Waals surface area (Å²) in [6.45, 7) is 0. The molecule has 2 aromatic heterocycles. The van der Waals surface area contributed by atoms with Crippen LogP contribution < -0.4 is 4.35 Å². The third-order valence-electron chi connectivity index (χ3n) is 2.02. The molecule has 0 aliphatic rings. The van der Waals surface area contributed by atoms with Crippen molar-refractivity contribution in [2.24, 2.45) is 0 Å². The minimum atomic E-state index is -0.121. The summed E-state index contributed by atoms with van der Waals surface area (Å²) in [6, 6.07) is 5.19. The summed E-state index contributed by atoms with van der Waals surface area (Å²) >= 11 is 7.12. The van der Waals surface area contributed by atoms with E-state index in [1.807, 2.05) is 0 Å². The molecule has 0 spiro atoms. The van der Waals surface area contributed by atoms with Crippen molar-refractivity contribution in [3.05, 3.63) is 53.1 Å². The Labute approximate surface area is 106 Å². The first kappa shape index (κ1) is 11.3. The zero-order valence-electron chi connectivity index (χ0n) is 8.22. The van der Waals surface area contributed by atoms with Crippen molar-refractivity contribution in [3.8, 4) is 0 Å². The van der Waals surface area contributed by atoms with Crippen LogP contribution in [0.1, 0.15) is 16.1 Å². The number of hydrogen-bond donors (Lipinski definition) is 0. The maximum atomic E-state index is 12.0. The molecule has 0 bridgehead atoms. The van der Waals surface area contributed by atoms with Crippen LogP contribution in [0.4, 0.5) is 0 Å². The molecular formula is C11H8AsClN2O. The van der Waals surface area contributed by atoms with Gasteiger partial charge in [0.15, 0.2) is 0 Å². The molecule has 3 nitrogen and oxygen atoms in total. The molecule has 0 amide bonds. The molecule has 0 aliphatic carbocycles. The van der Waals surface area contributed by atoms with Gasteiger partial charge in [-0.05, 0) is 0 Å². The van der Waals surface area contributed by atoms with Gasteiger partial charge >= 0.3 is 106 Å². The fourth-order valence-electron chi connectivity index (χ4n) is 1.28. The minimum absolute atomic E-state index is 0.121. The third-order valence-corrected chi connectivity index (χ3v) is 3.15. The molecule has 0 aromatic carbocycles. The van der Waals surface area contributed by atoms with Gasteiger partial charge in [-0.3, -0.25) is 0 Å². The van der Waals surface area contributed by atoms with Crippen LogP contribution in [0.2, 0.25) is 5.02 Å². The monoisotopic (exact) mass is 294 g/mol. The van der Waals surface area contributed by atoms with E-state index < -0.39 is 0 Å². The molecular weight excluding hydrogens is 287 g/mol. The second kappa shape index (κ2) is 4.77. The summed E-state index contributed by atoms with van der Waals surface area (Å²) in [7, 11) is 0. The fraction of sp³-hybridized carbons (Fsp3) is 0. The Hall–Kier alpha value is -1.18. The van der Waals surface area contributed by atoms with Crippen LogP contribution in [-0.4, -0.2) is 32.6 Å². The van der Waals surface area contributed by atoms with E-state index in [9.17, 15) is 4.79 Å². The van der Waals surface area contributed by atoms with Crippen molar-refractivity contribution in [2.45, 2.75) is 0 Å². The normalized spacial score (nSPS) is 10.1. The number of pyridine rings is 2. The first-order valence-electron chi connectivity index (χ1n) is 4.54. The van der Waals surface area contributed by atoms with Gasteiger partial charge in [0.25, 0.3) is 0 Å². The van der Waals surface area contributed by atoms with Crippen LogP contribution in [0.5, 0.6) is 0 Å².